The van der Waals surface area contributed by atoms with Gasteiger partial charge in [-0.25, -0.2) is 4.68 Å². The molecule has 1 fully saturated rings. The van der Waals surface area contributed by atoms with E-state index in [1.807, 2.05) is 40.0 Å². The van der Waals surface area contributed by atoms with Crippen molar-refractivity contribution in [2.24, 2.45) is 4.99 Å². The van der Waals surface area contributed by atoms with E-state index in [0.717, 1.165) is 44.8 Å². The Bertz CT molecular complexity index is 1020. The Balaban J connectivity index is 1.16. The van der Waals surface area contributed by atoms with Crippen molar-refractivity contribution in [3.05, 3.63) is 78.6 Å². The van der Waals surface area contributed by atoms with Crippen molar-refractivity contribution in [3.8, 4) is 5.69 Å². The van der Waals surface area contributed by atoms with Crippen LogP contribution in [0.25, 0.3) is 5.69 Å². The van der Waals surface area contributed by atoms with Crippen LogP contribution in [-0.4, -0.2) is 72.9 Å². The van der Waals surface area contributed by atoms with E-state index in [9.17, 15) is 4.79 Å². The number of carbonyl (C=O) groups is 1. The summed E-state index contributed by atoms with van der Waals surface area (Å²) < 4.78 is 1.84. The van der Waals surface area contributed by atoms with Crippen LogP contribution in [-0.2, 0) is 11.2 Å². The predicted octanol–water partition coefficient (Wildman–Crippen LogP) is 1.93. The first-order chi connectivity index (χ1) is 16.2. The molecule has 2 heterocycles. The number of benzene rings is 2. The van der Waals surface area contributed by atoms with Crippen molar-refractivity contribution in [1.82, 2.24) is 25.3 Å². The minimum atomic E-state index is 0.0971. The molecule has 0 aliphatic carbocycles. The maximum Gasteiger partial charge on any atom is 0.242 e. The number of hydrogen-bond acceptors (Lipinski definition) is 4. The van der Waals surface area contributed by atoms with E-state index >= 15 is 0 Å². The summed E-state index contributed by atoms with van der Waals surface area (Å²) in [5.74, 6) is 0.735. The number of para-hydroxylation sites is 1. The summed E-state index contributed by atoms with van der Waals surface area (Å²) in [6.45, 7) is 4.13. The zero-order valence-corrected chi connectivity index (χ0v) is 19.0. The summed E-state index contributed by atoms with van der Waals surface area (Å²) in [7, 11) is 1.72. The monoisotopic (exact) mass is 445 g/mol. The summed E-state index contributed by atoms with van der Waals surface area (Å²) in [5, 5.41) is 10.7. The second-order valence-electron chi connectivity index (χ2n) is 7.92. The van der Waals surface area contributed by atoms with Gasteiger partial charge in [0.05, 0.1) is 12.2 Å². The number of anilines is 1. The van der Waals surface area contributed by atoms with Gasteiger partial charge in [-0.15, -0.1) is 0 Å². The molecule has 1 aliphatic heterocycles. The number of amides is 1. The van der Waals surface area contributed by atoms with Crippen molar-refractivity contribution < 1.29 is 4.79 Å². The summed E-state index contributed by atoms with van der Waals surface area (Å²) in [4.78, 5) is 21.1. The molecule has 0 radical (unpaired) electrons. The first-order valence-corrected chi connectivity index (χ1v) is 11.3. The van der Waals surface area contributed by atoms with Gasteiger partial charge in [0, 0.05) is 57.9 Å². The molecule has 2 N–H and O–H groups in total. The molecule has 8 nitrogen and oxygen atoms in total. The normalized spacial score (nSPS) is 14.3. The lowest BCUT2D eigenvalue weighted by molar-refractivity contribution is -0.130. The van der Waals surface area contributed by atoms with Crippen LogP contribution in [0.5, 0.6) is 0 Å². The Kier molecular flexibility index (Phi) is 7.58. The molecule has 0 atom stereocenters. The van der Waals surface area contributed by atoms with Gasteiger partial charge in [-0.3, -0.25) is 9.79 Å². The molecule has 2 aromatic carbocycles. The average molecular weight is 446 g/mol. The molecule has 0 spiro atoms. The smallest absolute Gasteiger partial charge is 0.242 e. The SMILES string of the molecule is CN=C(NCCc1ccc(-n2cccn2)cc1)NCC(=O)N1CCN(c2ccccc2)CC1. The van der Waals surface area contributed by atoms with Crippen LogP contribution in [0.2, 0.25) is 0 Å². The fourth-order valence-electron chi connectivity index (χ4n) is 3.91. The van der Waals surface area contributed by atoms with Gasteiger partial charge in [-0.05, 0) is 42.3 Å². The molecular formula is C25H31N7O. The highest BCUT2D eigenvalue weighted by molar-refractivity contribution is 5.86. The van der Waals surface area contributed by atoms with E-state index in [1.54, 1.807) is 13.2 Å². The van der Waals surface area contributed by atoms with Gasteiger partial charge < -0.3 is 20.4 Å². The standard InChI is InChI=1S/C25H31N7O/c1-26-25(27-14-12-21-8-10-23(11-9-21)32-15-5-13-29-32)28-20-24(33)31-18-16-30(17-19-31)22-6-3-2-4-7-22/h2-11,13,15H,12,14,16-20H2,1H3,(H2,26,27,28). The minimum Gasteiger partial charge on any atom is -0.368 e. The molecule has 1 aromatic heterocycles. The molecular weight excluding hydrogens is 414 g/mol. The summed E-state index contributed by atoms with van der Waals surface area (Å²) in [6, 6.07) is 20.6. The van der Waals surface area contributed by atoms with Gasteiger partial charge in [0.25, 0.3) is 0 Å². The van der Waals surface area contributed by atoms with Crippen molar-refractivity contribution in [2.75, 3.05) is 51.2 Å². The van der Waals surface area contributed by atoms with Gasteiger partial charge in [0.15, 0.2) is 5.96 Å². The Hall–Kier alpha value is -3.81. The first kappa shape index (κ1) is 22.4. The molecule has 8 heteroatoms. The van der Waals surface area contributed by atoms with Gasteiger partial charge in [0.1, 0.15) is 0 Å². The maximum atomic E-state index is 12.6. The fraction of sp³-hybridized carbons (Fsp3) is 0.320. The molecule has 0 unspecified atom stereocenters. The maximum absolute atomic E-state index is 12.6. The summed E-state index contributed by atoms with van der Waals surface area (Å²) in [6.07, 6.45) is 4.55. The van der Waals surface area contributed by atoms with E-state index in [4.69, 9.17) is 0 Å². The highest BCUT2D eigenvalue weighted by Gasteiger charge is 2.21. The van der Waals surface area contributed by atoms with E-state index in [1.165, 1.54) is 11.3 Å². The van der Waals surface area contributed by atoms with E-state index in [-0.39, 0.29) is 12.5 Å². The number of aliphatic imine (C=N–C) groups is 1. The Labute approximate surface area is 194 Å². The van der Waals surface area contributed by atoms with Crippen LogP contribution in [0.4, 0.5) is 5.69 Å². The third-order valence-corrected chi connectivity index (χ3v) is 5.80. The summed E-state index contributed by atoms with van der Waals surface area (Å²) >= 11 is 0. The third kappa shape index (κ3) is 6.12. The molecule has 0 saturated carbocycles. The lowest BCUT2D eigenvalue weighted by Gasteiger charge is -2.36. The third-order valence-electron chi connectivity index (χ3n) is 5.80. The van der Waals surface area contributed by atoms with Gasteiger partial charge in [0.2, 0.25) is 5.91 Å². The second kappa shape index (κ2) is 11.2. The van der Waals surface area contributed by atoms with E-state index in [2.05, 4.69) is 62.0 Å². The number of nitrogens with zero attached hydrogens (tertiary/aromatic N) is 5. The quantitative estimate of drug-likeness (QED) is 0.429. The van der Waals surface area contributed by atoms with Crippen LogP contribution in [0, 0.1) is 0 Å². The molecule has 1 aliphatic rings. The highest BCUT2D eigenvalue weighted by Crippen LogP contribution is 2.15. The molecule has 4 rings (SSSR count). The molecule has 172 valence electrons. The molecule has 1 amide bonds. The Morgan fingerprint density at radius 3 is 2.36 bits per heavy atom. The van der Waals surface area contributed by atoms with Gasteiger partial charge in [-0.1, -0.05) is 30.3 Å². The molecule has 1 saturated heterocycles. The Morgan fingerprint density at radius 1 is 0.939 bits per heavy atom. The number of carbonyl (C=O) groups excluding carboxylic acids is 1. The van der Waals surface area contributed by atoms with Crippen LogP contribution in [0.15, 0.2) is 78.0 Å². The number of nitrogens with one attached hydrogen (secondary N) is 2. The number of guanidine groups is 1. The molecule has 3 aromatic rings. The summed E-state index contributed by atoms with van der Waals surface area (Å²) in [5.41, 5.74) is 3.47. The lowest BCUT2D eigenvalue weighted by atomic mass is 10.1. The fourth-order valence-corrected chi connectivity index (χ4v) is 3.91. The van der Waals surface area contributed by atoms with Crippen molar-refractivity contribution in [1.29, 1.82) is 0 Å². The number of aromatic nitrogens is 2. The zero-order valence-electron chi connectivity index (χ0n) is 19.0. The topological polar surface area (TPSA) is 77.8 Å². The van der Waals surface area contributed by atoms with Crippen LogP contribution in [0.3, 0.4) is 0 Å². The minimum absolute atomic E-state index is 0.0971. The lowest BCUT2D eigenvalue weighted by Crippen LogP contribution is -2.52. The largest absolute Gasteiger partial charge is 0.368 e. The number of rotatable bonds is 7. The van der Waals surface area contributed by atoms with Crippen molar-refractivity contribution >= 4 is 17.6 Å². The molecule has 0 bridgehead atoms. The Morgan fingerprint density at radius 2 is 1.70 bits per heavy atom. The van der Waals surface area contributed by atoms with Gasteiger partial charge in [-0.2, -0.15) is 5.10 Å². The average Bonchev–Trinajstić information content (AvgIpc) is 3.42. The number of piperazine rings is 1. The van der Waals surface area contributed by atoms with E-state index in [0.29, 0.717) is 5.96 Å². The first-order valence-electron chi connectivity index (χ1n) is 11.3. The second-order valence-corrected chi connectivity index (χ2v) is 7.92. The predicted molar refractivity (Wildman–Crippen MR) is 132 cm³/mol. The van der Waals surface area contributed by atoms with E-state index < -0.39 is 0 Å². The highest BCUT2D eigenvalue weighted by atomic mass is 16.2. The van der Waals surface area contributed by atoms with Crippen LogP contribution < -0.4 is 15.5 Å². The van der Waals surface area contributed by atoms with Crippen molar-refractivity contribution in [3.63, 3.8) is 0 Å². The number of hydrogen-bond donors (Lipinski definition) is 2. The zero-order chi connectivity index (χ0) is 22.9. The van der Waals surface area contributed by atoms with Crippen molar-refractivity contribution in [2.45, 2.75) is 6.42 Å². The van der Waals surface area contributed by atoms with Crippen LogP contribution in [0.1, 0.15) is 5.56 Å². The molecule has 33 heavy (non-hydrogen) atoms. The van der Waals surface area contributed by atoms with Crippen LogP contribution >= 0.6 is 0 Å². The van der Waals surface area contributed by atoms with Gasteiger partial charge >= 0.3 is 0 Å².